The molecule has 1 amide bonds. The predicted octanol–water partition coefficient (Wildman–Crippen LogP) is 4.87. The van der Waals surface area contributed by atoms with Crippen LogP contribution in [0, 0.1) is 11.6 Å². The van der Waals surface area contributed by atoms with Crippen molar-refractivity contribution in [3.05, 3.63) is 53.6 Å². The van der Waals surface area contributed by atoms with E-state index in [1.807, 2.05) is 24.3 Å². The van der Waals surface area contributed by atoms with Crippen molar-refractivity contribution in [1.29, 1.82) is 0 Å². The molecule has 3 nitrogen and oxygen atoms in total. The summed E-state index contributed by atoms with van der Waals surface area (Å²) in [7, 11) is 0. The zero-order chi connectivity index (χ0) is 17.1. The normalized spacial score (nSPS) is 11.0. The quantitative estimate of drug-likeness (QED) is 0.657. The van der Waals surface area contributed by atoms with E-state index >= 15 is 0 Å². The van der Waals surface area contributed by atoms with Crippen LogP contribution < -0.4 is 5.32 Å². The molecule has 3 aromatic rings. The van der Waals surface area contributed by atoms with Crippen LogP contribution in [0.2, 0.25) is 0 Å². The fourth-order valence-electron chi connectivity index (χ4n) is 2.23. The molecule has 0 unspecified atom stereocenters. The number of amides is 1. The lowest BCUT2D eigenvalue weighted by molar-refractivity contribution is -0.115. The van der Waals surface area contributed by atoms with E-state index in [-0.39, 0.29) is 23.0 Å². The molecule has 0 bridgehead atoms. The first kappa shape index (κ1) is 16.9. The number of hydrogen-bond donors (Lipinski definition) is 1. The predicted molar refractivity (Wildman–Crippen MR) is 94.7 cm³/mol. The summed E-state index contributed by atoms with van der Waals surface area (Å²) in [6.07, 6.45) is 0.198. The molecule has 24 heavy (non-hydrogen) atoms. The molecule has 1 N–H and O–H groups in total. The molecular weight excluding hydrogens is 350 g/mol. The van der Waals surface area contributed by atoms with E-state index in [0.717, 1.165) is 33.6 Å². The molecule has 7 heteroatoms. The fraction of sp³-hybridized carbons (Fsp3) is 0.176. The maximum absolute atomic E-state index is 13.6. The van der Waals surface area contributed by atoms with Crippen LogP contribution in [0.3, 0.4) is 0 Å². The van der Waals surface area contributed by atoms with Crippen molar-refractivity contribution in [2.75, 3.05) is 11.1 Å². The standard InChI is InChI=1S/C17H14F2N2OS2/c1-2-23-12-5-3-10(4-6-12)7-15(22)20-17-21-16-13(19)8-11(18)9-14(16)24-17/h3-6,8-9H,2,7H2,1H3,(H,20,21,22). The van der Waals surface area contributed by atoms with E-state index in [9.17, 15) is 13.6 Å². The zero-order valence-corrected chi connectivity index (χ0v) is 14.4. The molecular formula is C17H14F2N2OS2. The summed E-state index contributed by atoms with van der Waals surface area (Å²) in [4.78, 5) is 17.3. The van der Waals surface area contributed by atoms with Crippen LogP contribution >= 0.6 is 23.1 Å². The zero-order valence-electron chi connectivity index (χ0n) is 12.8. The van der Waals surface area contributed by atoms with Gasteiger partial charge in [0.15, 0.2) is 10.9 Å². The van der Waals surface area contributed by atoms with Crippen LogP contribution in [0.25, 0.3) is 10.2 Å². The summed E-state index contributed by atoms with van der Waals surface area (Å²) in [5.41, 5.74) is 0.948. The molecule has 124 valence electrons. The number of nitrogens with one attached hydrogen (secondary N) is 1. The van der Waals surface area contributed by atoms with E-state index in [4.69, 9.17) is 0 Å². The molecule has 0 aliphatic heterocycles. The average Bonchev–Trinajstić information content (AvgIpc) is 2.92. The third-order valence-electron chi connectivity index (χ3n) is 3.26. The van der Waals surface area contributed by atoms with Gasteiger partial charge >= 0.3 is 0 Å². The molecule has 0 aliphatic carbocycles. The lowest BCUT2D eigenvalue weighted by atomic mass is 10.1. The summed E-state index contributed by atoms with van der Waals surface area (Å²) in [5.74, 6) is -0.641. The molecule has 1 heterocycles. The van der Waals surface area contributed by atoms with Crippen molar-refractivity contribution < 1.29 is 13.6 Å². The average molecular weight is 364 g/mol. The highest BCUT2D eigenvalue weighted by Crippen LogP contribution is 2.28. The Labute approximate surface area is 146 Å². The van der Waals surface area contributed by atoms with E-state index in [2.05, 4.69) is 17.2 Å². The largest absolute Gasteiger partial charge is 0.302 e. The Morgan fingerprint density at radius 1 is 1.25 bits per heavy atom. The number of benzene rings is 2. The molecule has 0 radical (unpaired) electrons. The molecule has 1 aromatic heterocycles. The first-order valence-corrected chi connectivity index (χ1v) is 9.12. The Bertz CT molecular complexity index is 878. The van der Waals surface area contributed by atoms with Gasteiger partial charge in [0.05, 0.1) is 11.1 Å². The molecule has 0 spiro atoms. The summed E-state index contributed by atoms with van der Waals surface area (Å²) < 4.78 is 27.2. The minimum Gasteiger partial charge on any atom is -0.302 e. The minimum absolute atomic E-state index is 0.0673. The van der Waals surface area contributed by atoms with Gasteiger partial charge in [-0.05, 0) is 29.5 Å². The first-order valence-electron chi connectivity index (χ1n) is 7.32. The van der Waals surface area contributed by atoms with Gasteiger partial charge in [0, 0.05) is 11.0 Å². The van der Waals surface area contributed by atoms with Gasteiger partial charge in [-0.25, -0.2) is 13.8 Å². The third-order valence-corrected chi connectivity index (χ3v) is 5.07. The van der Waals surface area contributed by atoms with Gasteiger partial charge in [-0.1, -0.05) is 30.4 Å². The second-order valence-corrected chi connectivity index (χ2v) is 7.42. The second kappa shape index (κ2) is 7.27. The van der Waals surface area contributed by atoms with Crippen LogP contribution in [-0.2, 0) is 11.2 Å². The SMILES string of the molecule is CCSc1ccc(CC(=O)Nc2nc3c(F)cc(F)cc3s2)cc1. The number of aromatic nitrogens is 1. The lowest BCUT2D eigenvalue weighted by Gasteiger charge is -2.03. The maximum Gasteiger partial charge on any atom is 0.230 e. The van der Waals surface area contributed by atoms with Crippen LogP contribution in [0.15, 0.2) is 41.3 Å². The Morgan fingerprint density at radius 2 is 2.00 bits per heavy atom. The van der Waals surface area contributed by atoms with Gasteiger partial charge in [0.2, 0.25) is 5.91 Å². The van der Waals surface area contributed by atoms with Crippen molar-refractivity contribution in [2.24, 2.45) is 0 Å². The minimum atomic E-state index is -0.731. The number of carbonyl (C=O) groups is 1. The van der Waals surface area contributed by atoms with Crippen molar-refractivity contribution in [3.8, 4) is 0 Å². The fourth-order valence-corrected chi connectivity index (χ4v) is 3.81. The van der Waals surface area contributed by atoms with Gasteiger partial charge in [-0.3, -0.25) is 4.79 Å². The van der Waals surface area contributed by atoms with E-state index in [1.54, 1.807) is 11.8 Å². The van der Waals surface area contributed by atoms with Gasteiger partial charge in [0.25, 0.3) is 0 Å². The topological polar surface area (TPSA) is 42.0 Å². The summed E-state index contributed by atoms with van der Waals surface area (Å²) in [6.45, 7) is 2.08. The lowest BCUT2D eigenvalue weighted by Crippen LogP contribution is -2.14. The summed E-state index contributed by atoms with van der Waals surface area (Å²) >= 11 is 2.78. The highest BCUT2D eigenvalue weighted by molar-refractivity contribution is 7.99. The number of fused-ring (bicyclic) bond motifs is 1. The second-order valence-electron chi connectivity index (χ2n) is 5.06. The Kier molecular flexibility index (Phi) is 5.11. The van der Waals surface area contributed by atoms with Crippen LogP contribution in [0.1, 0.15) is 12.5 Å². The molecule has 2 aromatic carbocycles. The van der Waals surface area contributed by atoms with Crippen molar-refractivity contribution >= 4 is 44.4 Å². The van der Waals surface area contributed by atoms with Crippen LogP contribution in [0.5, 0.6) is 0 Å². The van der Waals surface area contributed by atoms with E-state index in [1.165, 1.54) is 6.07 Å². The van der Waals surface area contributed by atoms with Gasteiger partial charge < -0.3 is 5.32 Å². The molecule has 0 saturated carbocycles. The summed E-state index contributed by atoms with van der Waals surface area (Å²) in [5, 5.41) is 2.90. The van der Waals surface area contributed by atoms with Gasteiger partial charge in [-0.15, -0.1) is 11.8 Å². The third kappa shape index (κ3) is 3.91. The van der Waals surface area contributed by atoms with E-state index < -0.39 is 11.6 Å². The smallest absolute Gasteiger partial charge is 0.230 e. The number of nitrogens with zero attached hydrogens (tertiary/aromatic N) is 1. The highest BCUT2D eigenvalue weighted by atomic mass is 32.2. The van der Waals surface area contributed by atoms with Crippen LogP contribution in [0.4, 0.5) is 13.9 Å². The number of carbonyl (C=O) groups excluding carboxylic acids is 1. The molecule has 0 atom stereocenters. The van der Waals surface area contributed by atoms with Crippen molar-refractivity contribution in [1.82, 2.24) is 4.98 Å². The summed E-state index contributed by atoms with van der Waals surface area (Å²) in [6, 6.07) is 9.76. The highest BCUT2D eigenvalue weighted by Gasteiger charge is 2.12. The Hall–Kier alpha value is -1.99. The van der Waals surface area contributed by atoms with E-state index in [0.29, 0.717) is 4.70 Å². The van der Waals surface area contributed by atoms with Crippen LogP contribution in [-0.4, -0.2) is 16.6 Å². The monoisotopic (exact) mass is 364 g/mol. The van der Waals surface area contributed by atoms with Gasteiger partial charge in [0.1, 0.15) is 11.3 Å². The number of hydrogen-bond acceptors (Lipinski definition) is 4. The molecule has 0 aliphatic rings. The number of rotatable bonds is 5. The van der Waals surface area contributed by atoms with Crippen molar-refractivity contribution in [2.45, 2.75) is 18.2 Å². The maximum atomic E-state index is 13.6. The Morgan fingerprint density at radius 3 is 2.71 bits per heavy atom. The van der Waals surface area contributed by atoms with Gasteiger partial charge in [-0.2, -0.15) is 0 Å². The number of thioether (sulfide) groups is 1. The molecule has 0 fully saturated rings. The number of halogens is 2. The molecule has 0 saturated heterocycles. The van der Waals surface area contributed by atoms with Crippen molar-refractivity contribution in [3.63, 3.8) is 0 Å². The number of thiazole rings is 1. The molecule has 3 rings (SSSR count). The first-order chi connectivity index (χ1) is 11.5. The Balaban J connectivity index is 1.69. The number of anilines is 1.